The summed E-state index contributed by atoms with van der Waals surface area (Å²) in [5.74, 6) is 0.607. The molecule has 2 aromatic heterocycles. The summed E-state index contributed by atoms with van der Waals surface area (Å²) in [5, 5.41) is 2.79. The third-order valence-corrected chi connectivity index (χ3v) is 3.29. The number of para-hydroxylation sites is 2. The molecule has 0 atom stereocenters. The second kappa shape index (κ2) is 6.22. The average Bonchev–Trinajstić information content (AvgIpc) is 2.92. The molecular formula is C17H16N4O. The molecule has 0 radical (unpaired) electrons. The van der Waals surface area contributed by atoms with Gasteiger partial charge >= 0.3 is 0 Å². The van der Waals surface area contributed by atoms with Crippen molar-refractivity contribution in [3.63, 3.8) is 0 Å². The van der Waals surface area contributed by atoms with Gasteiger partial charge in [0.2, 0.25) is 5.91 Å². The first-order valence-electron chi connectivity index (χ1n) is 7.04. The summed E-state index contributed by atoms with van der Waals surface area (Å²) in [6.07, 6.45) is 3.38. The van der Waals surface area contributed by atoms with E-state index in [1.54, 1.807) is 12.3 Å². The molecule has 0 saturated heterocycles. The molecule has 3 rings (SSSR count). The van der Waals surface area contributed by atoms with Crippen LogP contribution in [0.2, 0.25) is 0 Å². The number of nitrogens with one attached hydrogen (secondary N) is 1. The van der Waals surface area contributed by atoms with Crippen LogP contribution in [0.25, 0.3) is 22.6 Å². The van der Waals surface area contributed by atoms with Crippen LogP contribution in [0.3, 0.4) is 0 Å². The zero-order valence-electron chi connectivity index (χ0n) is 12.1. The zero-order chi connectivity index (χ0) is 15.4. The van der Waals surface area contributed by atoms with Gasteiger partial charge in [0.05, 0.1) is 11.0 Å². The quantitative estimate of drug-likeness (QED) is 0.735. The molecular weight excluding hydrogens is 276 g/mol. The van der Waals surface area contributed by atoms with Crippen LogP contribution >= 0.6 is 0 Å². The molecule has 1 aromatic carbocycles. The lowest BCUT2D eigenvalue weighted by Gasteiger charge is -2.08. The number of imidazole rings is 1. The van der Waals surface area contributed by atoms with Gasteiger partial charge in [0.1, 0.15) is 12.2 Å². The minimum atomic E-state index is -0.0831. The van der Waals surface area contributed by atoms with E-state index in [-0.39, 0.29) is 12.5 Å². The molecule has 0 unspecified atom stereocenters. The second-order valence-corrected chi connectivity index (χ2v) is 4.82. The number of benzene rings is 1. The highest BCUT2D eigenvalue weighted by Crippen LogP contribution is 2.23. The Labute approximate surface area is 128 Å². The normalized spacial score (nSPS) is 10.5. The van der Waals surface area contributed by atoms with Gasteiger partial charge < -0.3 is 9.88 Å². The summed E-state index contributed by atoms with van der Waals surface area (Å²) in [7, 11) is 0. The van der Waals surface area contributed by atoms with Crippen LogP contribution in [0, 0.1) is 0 Å². The topological polar surface area (TPSA) is 59.8 Å². The minimum Gasteiger partial charge on any atom is -0.351 e. The molecule has 5 nitrogen and oxygen atoms in total. The molecule has 0 saturated carbocycles. The molecule has 2 heterocycles. The SMILES string of the molecule is C=CCNC(=O)Cn1c(-c2ccccn2)nc2ccccc21. The van der Waals surface area contributed by atoms with Gasteiger partial charge in [-0.2, -0.15) is 0 Å². The molecule has 22 heavy (non-hydrogen) atoms. The van der Waals surface area contributed by atoms with E-state index < -0.39 is 0 Å². The molecule has 0 aliphatic carbocycles. The zero-order valence-corrected chi connectivity index (χ0v) is 12.1. The van der Waals surface area contributed by atoms with Crippen LogP contribution in [0.1, 0.15) is 0 Å². The van der Waals surface area contributed by atoms with Crippen molar-refractivity contribution in [3.8, 4) is 11.5 Å². The Morgan fingerprint density at radius 2 is 2.05 bits per heavy atom. The number of nitrogens with zero attached hydrogens (tertiary/aromatic N) is 3. The number of aromatic nitrogens is 3. The maximum atomic E-state index is 12.1. The summed E-state index contributed by atoms with van der Waals surface area (Å²) in [6.45, 7) is 4.24. The highest BCUT2D eigenvalue weighted by Gasteiger charge is 2.15. The first-order valence-corrected chi connectivity index (χ1v) is 7.04. The Balaban J connectivity index is 2.05. The lowest BCUT2D eigenvalue weighted by atomic mass is 10.3. The largest absolute Gasteiger partial charge is 0.351 e. The van der Waals surface area contributed by atoms with Gasteiger partial charge in [-0.05, 0) is 24.3 Å². The maximum absolute atomic E-state index is 12.1. The Hall–Kier alpha value is -2.95. The van der Waals surface area contributed by atoms with Gasteiger partial charge in [-0.25, -0.2) is 4.98 Å². The number of amides is 1. The van der Waals surface area contributed by atoms with Gasteiger partial charge in [-0.15, -0.1) is 6.58 Å². The van der Waals surface area contributed by atoms with E-state index in [1.165, 1.54) is 0 Å². The van der Waals surface area contributed by atoms with Crippen LogP contribution in [0.4, 0.5) is 0 Å². The first-order chi connectivity index (χ1) is 10.8. The van der Waals surface area contributed by atoms with Crippen molar-refractivity contribution >= 4 is 16.9 Å². The fourth-order valence-electron chi connectivity index (χ4n) is 2.31. The number of rotatable bonds is 5. The smallest absolute Gasteiger partial charge is 0.240 e. The summed E-state index contributed by atoms with van der Waals surface area (Å²) in [6, 6.07) is 13.4. The van der Waals surface area contributed by atoms with E-state index >= 15 is 0 Å². The van der Waals surface area contributed by atoms with Gasteiger partial charge in [0.15, 0.2) is 5.82 Å². The maximum Gasteiger partial charge on any atom is 0.240 e. The van der Waals surface area contributed by atoms with Gasteiger partial charge in [-0.3, -0.25) is 9.78 Å². The fraction of sp³-hybridized carbons (Fsp3) is 0.118. The number of pyridine rings is 1. The fourth-order valence-corrected chi connectivity index (χ4v) is 2.31. The van der Waals surface area contributed by atoms with Crippen LogP contribution in [-0.4, -0.2) is 27.0 Å². The summed E-state index contributed by atoms with van der Waals surface area (Å²) in [5.41, 5.74) is 2.51. The van der Waals surface area contributed by atoms with Crippen LogP contribution < -0.4 is 5.32 Å². The predicted molar refractivity (Wildman–Crippen MR) is 86.2 cm³/mol. The number of carbonyl (C=O) groups excluding carboxylic acids is 1. The van der Waals surface area contributed by atoms with Crippen molar-refractivity contribution in [2.24, 2.45) is 0 Å². The Kier molecular flexibility index (Phi) is 3.96. The standard InChI is InChI=1S/C17H16N4O/c1-2-10-19-16(22)12-21-15-9-4-3-7-13(15)20-17(21)14-8-5-6-11-18-14/h2-9,11H,1,10,12H2,(H,19,22). The lowest BCUT2D eigenvalue weighted by Crippen LogP contribution is -2.27. The van der Waals surface area contributed by atoms with E-state index in [4.69, 9.17) is 0 Å². The highest BCUT2D eigenvalue weighted by molar-refractivity contribution is 5.84. The van der Waals surface area contributed by atoms with Crippen molar-refractivity contribution in [1.29, 1.82) is 0 Å². The van der Waals surface area contributed by atoms with Crippen LogP contribution in [0.15, 0.2) is 61.3 Å². The average molecular weight is 292 g/mol. The third kappa shape index (κ3) is 2.74. The van der Waals surface area contributed by atoms with Gasteiger partial charge in [0.25, 0.3) is 0 Å². The van der Waals surface area contributed by atoms with E-state index in [0.717, 1.165) is 16.7 Å². The van der Waals surface area contributed by atoms with Gasteiger partial charge in [0, 0.05) is 12.7 Å². The van der Waals surface area contributed by atoms with Crippen LogP contribution in [-0.2, 0) is 11.3 Å². The monoisotopic (exact) mass is 292 g/mol. The van der Waals surface area contributed by atoms with Crippen molar-refractivity contribution in [1.82, 2.24) is 19.9 Å². The van der Waals surface area contributed by atoms with Crippen molar-refractivity contribution < 1.29 is 4.79 Å². The summed E-state index contributed by atoms with van der Waals surface area (Å²) in [4.78, 5) is 21.0. The molecule has 1 amide bonds. The first kappa shape index (κ1) is 14.0. The lowest BCUT2D eigenvalue weighted by molar-refractivity contribution is -0.121. The van der Waals surface area contributed by atoms with E-state index in [1.807, 2.05) is 47.0 Å². The summed E-state index contributed by atoms with van der Waals surface area (Å²) < 4.78 is 1.89. The van der Waals surface area contributed by atoms with E-state index in [9.17, 15) is 4.79 Å². The van der Waals surface area contributed by atoms with E-state index in [2.05, 4.69) is 21.9 Å². The second-order valence-electron chi connectivity index (χ2n) is 4.82. The third-order valence-electron chi connectivity index (χ3n) is 3.29. The number of carbonyl (C=O) groups is 1. The molecule has 5 heteroatoms. The molecule has 0 aliphatic rings. The summed E-state index contributed by atoms with van der Waals surface area (Å²) >= 11 is 0. The van der Waals surface area contributed by atoms with Crippen LogP contribution in [0.5, 0.6) is 0 Å². The molecule has 0 fully saturated rings. The Bertz CT molecular complexity index is 808. The molecule has 110 valence electrons. The number of hydrogen-bond acceptors (Lipinski definition) is 3. The molecule has 0 aliphatic heterocycles. The van der Waals surface area contributed by atoms with Crippen molar-refractivity contribution in [3.05, 3.63) is 61.3 Å². The van der Waals surface area contributed by atoms with Crippen molar-refractivity contribution in [2.75, 3.05) is 6.54 Å². The number of fused-ring (bicyclic) bond motifs is 1. The Morgan fingerprint density at radius 3 is 2.82 bits per heavy atom. The van der Waals surface area contributed by atoms with Crippen molar-refractivity contribution in [2.45, 2.75) is 6.54 Å². The highest BCUT2D eigenvalue weighted by atomic mass is 16.1. The molecule has 1 N–H and O–H groups in total. The Morgan fingerprint density at radius 1 is 1.23 bits per heavy atom. The predicted octanol–water partition coefficient (Wildman–Crippen LogP) is 2.40. The molecule has 3 aromatic rings. The molecule has 0 bridgehead atoms. The van der Waals surface area contributed by atoms with Gasteiger partial charge in [-0.1, -0.05) is 24.3 Å². The molecule has 0 spiro atoms. The number of hydrogen-bond donors (Lipinski definition) is 1. The minimum absolute atomic E-state index is 0.0831. The van der Waals surface area contributed by atoms with E-state index in [0.29, 0.717) is 12.4 Å².